The van der Waals surface area contributed by atoms with Crippen LogP contribution in [0.4, 0.5) is 0 Å². The van der Waals surface area contributed by atoms with Gasteiger partial charge in [0, 0.05) is 16.0 Å². The first-order valence-corrected chi connectivity index (χ1v) is 6.30. The van der Waals surface area contributed by atoms with E-state index in [0.717, 1.165) is 11.3 Å². The maximum Gasteiger partial charge on any atom is 0.206 e. The van der Waals surface area contributed by atoms with Crippen LogP contribution in [0, 0.1) is 0 Å². The van der Waals surface area contributed by atoms with Gasteiger partial charge in [0.15, 0.2) is 5.01 Å². The van der Waals surface area contributed by atoms with Gasteiger partial charge in [0.05, 0.1) is 11.6 Å². The molecular formula is C11H7Cl2NOS. The summed E-state index contributed by atoms with van der Waals surface area (Å²) in [5.74, 6) is -0.192. The number of carbonyl (C=O) groups is 1. The molecule has 0 saturated heterocycles. The lowest BCUT2D eigenvalue weighted by atomic mass is 10.2. The molecule has 1 aromatic carbocycles. The van der Waals surface area contributed by atoms with E-state index in [2.05, 4.69) is 4.98 Å². The largest absolute Gasteiger partial charge is 0.290 e. The quantitative estimate of drug-likeness (QED) is 0.626. The van der Waals surface area contributed by atoms with Gasteiger partial charge in [-0.3, -0.25) is 4.79 Å². The zero-order chi connectivity index (χ0) is 11.5. The van der Waals surface area contributed by atoms with Gasteiger partial charge in [-0.2, -0.15) is 0 Å². The fraction of sp³-hybridized carbons (Fsp3) is 0.0909. The third-order valence-electron chi connectivity index (χ3n) is 1.98. The molecule has 82 valence electrons. The summed E-state index contributed by atoms with van der Waals surface area (Å²) in [7, 11) is 0. The van der Waals surface area contributed by atoms with Gasteiger partial charge in [-0.05, 0) is 12.1 Å². The summed E-state index contributed by atoms with van der Waals surface area (Å²) in [6.45, 7) is 0. The third kappa shape index (κ3) is 2.43. The second-order valence-corrected chi connectivity index (χ2v) is 4.67. The highest BCUT2D eigenvalue weighted by molar-refractivity contribution is 7.12. The molecule has 1 heterocycles. The van der Waals surface area contributed by atoms with Crippen LogP contribution < -0.4 is 0 Å². The first kappa shape index (κ1) is 11.6. The molecule has 0 aliphatic rings. The van der Waals surface area contributed by atoms with Gasteiger partial charge in [0.1, 0.15) is 0 Å². The summed E-state index contributed by atoms with van der Waals surface area (Å²) >= 11 is 12.6. The lowest BCUT2D eigenvalue weighted by Gasteiger charge is -1.96. The minimum atomic E-state index is -0.153. The number of benzene rings is 1. The van der Waals surface area contributed by atoms with Crippen molar-refractivity contribution in [2.45, 2.75) is 0 Å². The van der Waals surface area contributed by atoms with Crippen LogP contribution in [-0.4, -0.2) is 16.6 Å². The van der Waals surface area contributed by atoms with Crippen molar-refractivity contribution in [2.75, 3.05) is 5.88 Å². The number of thiazole rings is 1. The lowest BCUT2D eigenvalue weighted by molar-refractivity contribution is 0.102. The average molecular weight is 272 g/mol. The molecule has 0 N–H and O–H groups in total. The Morgan fingerprint density at radius 2 is 2.25 bits per heavy atom. The molecule has 2 aromatic rings. The third-order valence-corrected chi connectivity index (χ3v) is 3.35. The monoisotopic (exact) mass is 271 g/mol. The van der Waals surface area contributed by atoms with E-state index in [4.69, 9.17) is 23.2 Å². The van der Waals surface area contributed by atoms with Gasteiger partial charge in [-0.25, -0.2) is 4.98 Å². The van der Waals surface area contributed by atoms with Crippen LogP contribution >= 0.6 is 34.5 Å². The normalized spacial score (nSPS) is 10.4. The molecule has 16 heavy (non-hydrogen) atoms. The highest BCUT2D eigenvalue weighted by atomic mass is 35.5. The van der Waals surface area contributed by atoms with Crippen LogP contribution in [0.1, 0.15) is 9.80 Å². The smallest absolute Gasteiger partial charge is 0.206 e. The van der Waals surface area contributed by atoms with Crippen LogP contribution in [-0.2, 0) is 0 Å². The molecule has 0 atom stereocenters. The maximum absolute atomic E-state index is 11.3. The van der Waals surface area contributed by atoms with Gasteiger partial charge >= 0.3 is 0 Å². The number of hydrogen-bond acceptors (Lipinski definition) is 3. The molecule has 1 aromatic heterocycles. The summed E-state index contributed by atoms with van der Waals surface area (Å²) < 4.78 is 0. The van der Waals surface area contributed by atoms with Crippen molar-refractivity contribution < 1.29 is 4.79 Å². The standard InChI is InChI=1S/C11H7Cl2NOS/c12-5-10(15)11-14-9(6-16-11)7-2-1-3-8(13)4-7/h1-4,6H,5H2. The molecule has 0 aliphatic heterocycles. The number of nitrogens with zero attached hydrogens (tertiary/aromatic N) is 1. The van der Waals surface area contributed by atoms with Crippen molar-refractivity contribution >= 4 is 40.3 Å². The summed E-state index contributed by atoms with van der Waals surface area (Å²) in [4.78, 5) is 15.5. The van der Waals surface area contributed by atoms with E-state index in [0.29, 0.717) is 10.0 Å². The zero-order valence-electron chi connectivity index (χ0n) is 8.11. The van der Waals surface area contributed by atoms with Crippen LogP contribution in [0.15, 0.2) is 29.6 Å². The van der Waals surface area contributed by atoms with E-state index < -0.39 is 0 Å². The topological polar surface area (TPSA) is 30.0 Å². The van der Waals surface area contributed by atoms with E-state index in [9.17, 15) is 4.79 Å². The maximum atomic E-state index is 11.3. The molecule has 0 unspecified atom stereocenters. The second kappa shape index (κ2) is 4.95. The van der Waals surface area contributed by atoms with E-state index >= 15 is 0 Å². The van der Waals surface area contributed by atoms with Gasteiger partial charge in [0.2, 0.25) is 5.78 Å². The van der Waals surface area contributed by atoms with Crippen LogP contribution in [0.3, 0.4) is 0 Å². The molecule has 2 rings (SSSR count). The molecule has 0 spiro atoms. The predicted molar refractivity (Wildman–Crippen MR) is 67.6 cm³/mol. The Kier molecular flexibility index (Phi) is 3.59. The minimum absolute atomic E-state index is 0.0392. The Balaban J connectivity index is 2.35. The van der Waals surface area contributed by atoms with Gasteiger partial charge < -0.3 is 0 Å². The lowest BCUT2D eigenvalue weighted by Crippen LogP contribution is -1.98. The summed E-state index contributed by atoms with van der Waals surface area (Å²) in [5.41, 5.74) is 1.65. The van der Waals surface area contributed by atoms with Crippen LogP contribution in [0.25, 0.3) is 11.3 Å². The minimum Gasteiger partial charge on any atom is -0.290 e. The van der Waals surface area contributed by atoms with Gasteiger partial charge in [-0.15, -0.1) is 22.9 Å². The molecule has 0 saturated carbocycles. The number of aromatic nitrogens is 1. The van der Waals surface area contributed by atoms with Gasteiger partial charge in [-0.1, -0.05) is 23.7 Å². The Labute approximate surface area is 107 Å². The number of hydrogen-bond donors (Lipinski definition) is 0. The van der Waals surface area contributed by atoms with E-state index in [1.165, 1.54) is 11.3 Å². The first-order valence-electron chi connectivity index (χ1n) is 4.51. The number of Topliss-reactive ketones (excluding diaryl/α,β-unsaturated/α-hetero) is 1. The molecule has 5 heteroatoms. The Bertz CT molecular complexity index is 524. The van der Waals surface area contributed by atoms with Crippen molar-refractivity contribution in [2.24, 2.45) is 0 Å². The van der Waals surface area contributed by atoms with Gasteiger partial charge in [0.25, 0.3) is 0 Å². The van der Waals surface area contributed by atoms with Crippen molar-refractivity contribution in [3.05, 3.63) is 39.7 Å². The van der Waals surface area contributed by atoms with E-state index in [1.54, 1.807) is 6.07 Å². The first-order chi connectivity index (χ1) is 7.70. The summed E-state index contributed by atoms with van der Waals surface area (Å²) in [5, 5.41) is 2.91. The highest BCUT2D eigenvalue weighted by Crippen LogP contribution is 2.24. The molecule has 0 amide bonds. The molecule has 0 bridgehead atoms. The molecule has 0 aliphatic carbocycles. The zero-order valence-corrected chi connectivity index (χ0v) is 10.4. The Morgan fingerprint density at radius 3 is 2.94 bits per heavy atom. The van der Waals surface area contributed by atoms with Crippen molar-refractivity contribution in [1.29, 1.82) is 0 Å². The molecule has 2 nitrogen and oxygen atoms in total. The average Bonchev–Trinajstić information content (AvgIpc) is 2.77. The molecule has 0 radical (unpaired) electrons. The number of halogens is 2. The van der Waals surface area contributed by atoms with E-state index in [1.807, 2.05) is 23.6 Å². The van der Waals surface area contributed by atoms with E-state index in [-0.39, 0.29) is 11.7 Å². The van der Waals surface area contributed by atoms with Crippen molar-refractivity contribution in [1.82, 2.24) is 4.98 Å². The highest BCUT2D eigenvalue weighted by Gasteiger charge is 2.10. The number of carbonyl (C=O) groups excluding carboxylic acids is 1. The SMILES string of the molecule is O=C(CCl)c1nc(-c2cccc(Cl)c2)cs1. The van der Waals surface area contributed by atoms with Crippen LogP contribution in [0.2, 0.25) is 5.02 Å². The van der Waals surface area contributed by atoms with Crippen LogP contribution in [0.5, 0.6) is 0 Å². The predicted octanol–water partition coefficient (Wildman–Crippen LogP) is 3.89. The fourth-order valence-electron chi connectivity index (χ4n) is 1.24. The molecular weight excluding hydrogens is 265 g/mol. The Morgan fingerprint density at radius 1 is 1.44 bits per heavy atom. The Hall–Kier alpha value is -0.900. The fourth-order valence-corrected chi connectivity index (χ4v) is 2.40. The van der Waals surface area contributed by atoms with Crippen molar-refractivity contribution in [3.63, 3.8) is 0 Å². The summed E-state index contributed by atoms with van der Waals surface area (Å²) in [6, 6.07) is 7.35. The van der Waals surface area contributed by atoms with Crippen molar-refractivity contribution in [3.8, 4) is 11.3 Å². The summed E-state index contributed by atoms with van der Waals surface area (Å²) in [6.07, 6.45) is 0. The molecule has 0 fully saturated rings. The number of ketones is 1. The number of alkyl halides is 1. The number of rotatable bonds is 3. The second-order valence-electron chi connectivity index (χ2n) is 3.11.